The maximum atomic E-state index is 12.9. The van der Waals surface area contributed by atoms with E-state index in [2.05, 4.69) is 10.6 Å². The highest BCUT2D eigenvalue weighted by atomic mass is 32.1. The molecule has 1 amide bonds. The van der Waals surface area contributed by atoms with Gasteiger partial charge in [-0.3, -0.25) is 4.79 Å². The number of rotatable bonds is 7. The topological polar surface area (TPSA) is 79.9 Å². The van der Waals surface area contributed by atoms with Crippen LogP contribution in [0.1, 0.15) is 42.7 Å². The van der Waals surface area contributed by atoms with Gasteiger partial charge in [0.25, 0.3) is 5.91 Å². The zero-order chi connectivity index (χ0) is 24.1. The van der Waals surface area contributed by atoms with Crippen molar-refractivity contribution in [3.8, 4) is 5.75 Å². The molecule has 3 rings (SSSR count). The number of methoxy groups -OCH3 is 1. The SMILES string of the molecule is COc1ccccc1C(=O)Nc1ccc(C2NC(=S)N(C)C(C)=C2C(=O)OCC(C)C)cc1. The van der Waals surface area contributed by atoms with Crippen LogP contribution in [0.3, 0.4) is 0 Å². The first kappa shape index (κ1) is 24.3. The third-order valence-electron chi connectivity index (χ3n) is 5.38. The van der Waals surface area contributed by atoms with Crippen LogP contribution in [0.15, 0.2) is 59.8 Å². The molecular weight excluding hydrogens is 438 g/mol. The molecule has 1 unspecified atom stereocenters. The van der Waals surface area contributed by atoms with Gasteiger partial charge in [0.2, 0.25) is 0 Å². The molecule has 7 nitrogen and oxygen atoms in total. The highest BCUT2D eigenvalue weighted by Crippen LogP contribution is 2.31. The molecule has 2 N–H and O–H groups in total. The summed E-state index contributed by atoms with van der Waals surface area (Å²) < 4.78 is 10.8. The van der Waals surface area contributed by atoms with Crippen molar-refractivity contribution >= 4 is 34.9 Å². The van der Waals surface area contributed by atoms with E-state index in [1.54, 1.807) is 35.2 Å². The van der Waals surface area contributed by atoms with E-state index >= 15 is 0 Å². The molecule has 2 aromatic rings. The maximum Gasteiger partial charge on any atom is 0.338 e. The van der Waals surface area contributed by atoms with Gasteiger partial charge >= 0.3 is 5.97 Å². The van der Waals surface area contributed by atoms with E-state index in [0.29, 0.717) is 34.3 Å². The Balaban J connectivity index is 1.83. The Hall–Kier alpha value is -3.39. The molecule has 0 fully saturated rings. The van der Waals surface area contributed by atoms with Gasteiger partial charge in [0, 0.05) is 18.4 Å². The molecule has 8 heteroatoms. The Morgan fingerprint density at radius 1 is 1.15 bits per heavy atom. The highest BCUT2D eigenvalue weighted by Gasteiger charge is 2.33. The van der Waals surface area contributed by atoms with E-state index in [4.69, 9.17) is 21.7 Å². The fourth-order valence-corrected chi connectivity index (χ4v) is 3.71. The molecule has 0 radical (unpaired) electrons. The zero-order valence-electron chi connectivity index (χ0n) is 19.5. The van der Waals surface area contributed by atoms with E-state index in [9.17, 15) is 9.59 Å². The Bertz CT molecular complexity index is 1080. The summed E-state index contributed by atoms with van der Waals surface area (Å²) >= 11 is 5.45. The third-order valence-corrected chi connectivity index (χ3v) is 5.77. The Labute approximate surface area is 199 Å². The van der Waals surface area contributed by atoms with Gasteiger partial charge in [0.1, 0.15) is 5.75 Å². The van der Waals surface area contributed by atoms with Crippen molar-refractivity contribution < 1.29 is 19.1 Å². The summed E-state index contributed by atoms with van der Waals surface area (Å²) in [5, 5.41) is 6.62. The fraction of sp³-hybridized carbons (Fsp3) is 0.320. The second-order valence-electron chi connectivity index (χ2n) is 8.21. The first-order valence-corrected chi connectivity index (χ1v) is 11.1. The molecule has 0 saturated carbocycles. The van der Waals surface area contributed by atoms with E-state index in [1.165, 1.54) is 7.11 Å². The van der Waals surface area contributed by atoms with Crippen molar-refractivity contribution in [1.82, 2.24) is 10.2 Å². The molecule has 1 aliphatic heterocycles. The van der Waals surface area contributed by atoms with E-state index in [1.807, 2.05) is 46.0 Å². The summed E-state index contributed by atoms with van der Waals surface area (Å²) in [6.45, 7) is 6.17. The lowest BCUT2D eigenvalue weighted by molar-refractivity contribution is -0.140. The molecule has 0 aromatic heterocycles. The predicted octanol–water partition coefficient (Wildman–Crippen LogP) is 4.28. The number of para-hydroxylation sites is 1. The molecule has 0 bridgehead atoms. The van der Waals surface area contributed by atoms with Gasteiger partial charge in [-0.1, -0.05) is 38.1 Å². The second-order valence-corrected chi connectivity index (χ2v) is 8.60. The van der Waals surface area contributed by atoms with Crippen LogP contribution in [0, 0.1) is 5.92 Å². The molecule has 1 atom stereocenters. The van der Waals surface area contributed by atoms with Crippen LogP contribution in [0.4, 0.5) is 5.69 Å². The van der Waals surface area contributed by atoms with Crippen LogP contribution in [-0.2, 0) is 9.53 Å². The molecule has 0 saturated heterocycles. The smallest absolute Gasteiger partial charge is 0.338 e. The highest BCUT2D eigenvalue weighted by molar-refractivity contribution is 7.80. The van der Waals surface area contributed by atoms with Crippen molar-refractivity contribution in [2.24, 2.45) is 5.92 Å². The normalized spacial score (nSPS) is 15.9. The summed E-state index contributed by atoms with van der Waals surface area (Å²) in [6, 6.07) is 13.9. The Kier molecular flexibility index (Phi) is 7.71. The fourth-order valence-electron chi connectivity index (χ4n) is 3.46. The molecule has 174 valence electrons. The Morgan fingerprint density at radius 3 is 2.45 bits per heavy atom. The average molecular weight is 468 g/mol. The number of amides is 1. The quantitative estimate of drug-likeness (QED) is 0.465. The monoisotopic (exact) mass is 467 g/mol. The molecule has 0 spiro atoms. The second kappa shape index (κ2) is 10.5. The number of allylic oxidation sites excluding steroid dienone is 1. The van der Waals surface area contributed by atoms with Crippen LogP contribution in [-0.4, -0.2) is 42.7 Å². The van der Waals surface area contributed by atoms with Crippen molar-refractivity contribution in [3.63, 3.8) is 0 Å². The third kappa shape index (κ3) is 5.51. The number of nitrogens with zero attached hydrogens (tertiary/aromatic N) is 1. The number of nitrogens with one attached hydrogen (secondary N) is 2. The van der Waals surface area contributed by atoms with Gasteiger partial charge in [-0.25, -0.2) is 4.79 Å². The number of esters is 1. The average Bonchev–Trinajstić information content (AvgIpc) is 2.81. The van der Waals surface area contributed by atoms with Crippen molar-refractivity contribution in [3.05, 3.63) is 70.9 Å². The minimum atomic E-state index is -0.452. The molecule has 0 aliphatic carbocycles. The van der Waals surface area contributed by atoms with Crippen LogP contribution in [0.2, 0.25) is 0 Å². The van der Waals surface area contributed by atoms with E-state index in [0.717, 1.165) is 11.3 Å². The van der Waals surface area contributed by atoms with Gasteiger partial charge in [0.15, 0.2) is 5.11 Å². The van der Waals surface area contributed by atoms with Crippen molar-refractivity contribution in [2.45, 2.75) is 26.8 Å². The molecular formula is C25H29N3O4S. The van der Waals surface area contributed by atoms with E-state index < -0.39 is 6.04 Å². The first-order valence-electron chi connectivity index (χ1n) is 10.7. The summed E-state index contributed by atoms with van der Waals surface area (Å²) in [5.74, 6) is 0.0877. The number of benzene rings is 2. The van der Waals surface area contributed by atoms with Gasteiger partial charge in [0.05, 0.1) is 30.9 Å². The largest absolute Gasteiger partial charge is 0.496 e. The minimum Gasteiger partial charge on any atom is -0.496 e. The number of carbonyl (C=O) groups excluding carboxylic acids is 2. The number of thiocarbonyl (C=S) groups is 1. The standard InChI is InChI=1S/C25H29N3O4S/c1-15(2)14-32-24(30)21-16(3)28(4)25(33)27-22(21)17-10-12-18(13-11-17)26-23(29)19-8-6-7-9-20(19)31-5/h6-13,15,22H,14H2,1-5H3,(H,26,29)(H,27,33). The first-order chi connectivity index (χ1) is 15.7. The van der Waals surface area contributed by atoms with Gasteiger partial charge in [-0.2, -0.15) is 0 Å². The number of carbonyl (C=O) groups is 2. The lowest BCUT2D eigenvalue weighted by atomic mass is 9.95. The number of hydrogen-bond acceptors (Lipinski definition) is 5. The lowest BCUT2D eigenvalue weighted by Gasteiger charge is -2.35. The molecule has 1 aliphatic rings. The van der Waals surface area contributed by atoms with Crippen molar-refractivity contribution in [2.75, 3.05) is 26.1 Å². The summed E-state index contributed by atoms with van der Waals surface area (Å²) in [7, 11) is 3.34. The summed E-state index contributed by atoms with van der Waals surface area (Å²) in [4.78, 5) is 27.4. The molecule has 33 heavy (non-hydrogen) atoms. The molecule has 1 heterocycles. The summed E-state index contributed by atoms with van der Waals surface area (Å²) in [5.41, 5.74) is 3.15. The summed E-state index contributed by atoms with van der Waals surface area (Å²) in [6.07, 6.45) is 0. The zero-order valence-corrected chi connectivity index (χ0v) is 20.3. The number of ether oxygens (including phenoxy) is 2. The minimum absolute atomic E-state index is 0.231. The van der Waals surface area contributed by atoms with Gasteiger partial charge in [-0.15, -0.1) is 0 Å². The van der Waals surface area contributed by atoms with E-state index in [-0.39, 0.29) is 17.8 Å². The lowest BCUT2D eigenvalue weighted by Crippen LogP contribution is -2.46. The van der Waals surface area contributed by atoms with Crippen molar-refractivity contribution in [1.29, 1.82) is 0 Å². The van der Waals surface area contributed by atoms with Gasteiger partial charge < -0.3 is 25.0 Å². The maximum absolute atomic E-state index is 12.9. The number of hydrogen-bond donors (Lipinski definition) is 2. The van der Waals surface area contributed by atoms with Crippen LogP contribution < -0.4 is 15.4 Å². The number of anilines is 1. The molecule has 2 aromatic carbocycles. The predicted molar refractivity (Wildman–Crippen MR) is 132 cm³/mol. The van der Waals surface area contributed by atoms with Crippen LogP contribution in [0.5, 0.6) is 5.75 Å². The van der Waals surface area contributed by atoms with Crippen LogP contribution >= 0.6 is 12.2 Å². The van der Waals surface area contributed by atoms with Gasteiger partial charge in [-0.05, 0) is 54.9 Å². The Morgan fingerprint density at radius 2 is 1.82 bits per heavy atom. The van der Waals surface area contributed by atoms with Crippen LogP contribution in [0.25, 0.3) is 0 Å².